The van der Waals surface area contributed by atoms with Crippen molar-refractivity contribution in [3.8, 4) is 0 Å². The van der Waals surface area contributed by atoms with Crippen molar-refractivity contribution in [2.24, 2.45) is 5.92 Å². The number of rotatable bonds is 7. The highest BCUT2D eigenvalue weighted by atomic mass is 19.1. The summed E-state index contributed by atoms with van der Waals surface area (Å²) >= 11 is 0. The summed E-state index contributed by atoms with van der Waals surface area (Å²) in [6, 6.07) is 2.75. The van der Waals surface area contributed by atoms with Crippen LogP contribution in [0.25, 0.3) is 0 Å². The Hall–Kier alpha value is -2.02. The van der Waals surface area contributed by atoms with Crippen molar-refractivity contribution < 1.29 is 18.4 Å². The molecule has 0 unspecified atom stereocenters. The molecule has 5 nitrogen and oxygen atoms in total. The summed E-state index contributed by atoms with van der Waals surface area (Å²) in [5, 5.41) is 5.40. The van der Waals surface area contributed by atoms with Crippen LogP contribution in [0.15, 0.2) is 18.2 Å². The summed E-state index contributed by atoms with van der Waals surface area (Å²) < 4.78 is 26.0. The zero-order chi connectivity index (χ0) is 16.1. The van der Waals surface area contributed by atoms with Gasteiger partial charge < -0.3 is 15.5 Å². The van der Waals surface area contributed by atoms with E-state index in [2.05, 4.69) is 10.6 Å². The minimum atomic E-state index is -0.774. The fourth-order valence-electron chi connectivity index (χ4n) is 1.97. The molecule has 0 atom stereocenters. The van der Waals surface area contributed by atoms with Gasteiger partial charge in [0.15, 0.2) is 0 Å². The Balaban J connectivity index is 1.75. The highest BCUT2D eigenvalue weighted by Crippen LogP contribution is 2.27. The molecule has 0 aromatic heterocycles. The van der Waals surface area contributed by atoms with Crippen LogP contribution in [0.3, 0.4) is 0 Å². The highest BCUT2D eigenvalue weighted by Gasteiger charge is 2.21. The number of halogens is 2. The van der Waals surface area contributed by atoms with Gasteiger partial charge in [0.25, 0.3) is 0 Å². The van der Waals surface area contributed by atoms with Gasteiger partial charge in [0.05, 0.1) is 13.1 Å². The molecule has 0 saturated heterocycles. The molecular weight excluding hydrogens is 292 g/mol. The van der Waals surface area contributed by atoms with Crippen molar-refractivity contribution in [3.05, 3.63) is 29.8 Å². The second kappa shape index (κ2) is 7.31. The van der Waals surface area contributed by atoms with Crippen molar-refractivity contribution in [3.63, 3.8) is 0 Å². The maximum atomic E-state index is 13.0. The van der Waals surface area contributed by atoms with Crippen molar-refractivity contribution >= 4 is 17.5 Å². The third kappa shape index (κ3) is 5.40. The molecule has 1 fully saturated rings. The summed E-state index contributed by atoms with van der Waals surface area (Å²) in [5.41, 5.74) is 0.0233. The number of carbonyl (C=O) groups is 2. The van der Waals surface area contributed by atoms with Crippen LogP contribution in [0, 0.1) is 17.6 Å². The number of hydrogen-bond donors (Lipinski definition) is 2. The van der Waals surface area contributed by atoms with E-state index in [-0.39, 0.29) is 24.7 Å². The van der Waals surface area contributed by atoms with E-state index in [1.807, 2.05) is 0 Å². The second-order valence-corrected chi connectivity index (χ2v) is 5.53. The Morgan fingerprint density at radius 1 is 1.23 bits per heavy atom. The second-order valence-electron chi connectivity index (χ2n) is 5.53. The van der Waals surface area contributed by atoms with Gasteiger partial charge in [-0.3, -0.25) is 9.59 Å². The van der Waals surface area contributed by atoms with Crippen molar-refractivity contribution in [2.45, 2.75) is 12.8 Å². The number of carbonyl (C=O) groups excluding carboxylic acids is 2. The average Bonchev–Trinajstić information content (AvgIpc) is 3.21. The van der Waals surface area contributed by atoms with Crippen LogP contribution in [0.5, 0.6) is 0 Å². The molecule has 7 heteroatoms. The van der Waals surface area contributed by atoms with Gasteiger partial charge in [-0.25, -0.2) is 8.78 Å². The van der Waals surface area contributed by atoms with E-state index < -0.39 is 17.5 Å². The van der Waals surface area contributed by atoms with Gasteiger partial charge in [0.1, 0.15) is 11.6 Å². The lowest BCUT2D eigenvalue weighted by molar-refractivity contribution is -0.132. The molecule has 2 N–H and O–H groups in total. The monoisotopic (exact) mass is 311 g/mol. The number of nitrogens with one attached hydrogen (secondary N) is 2. The van der Waals surface area contributed by atoms with Crippen LogP contribution >= 0.6 is 0 Å². The molecule has 0 aliphatic heterocycles. The first kappa shape index (κ1) is 16.4. The first-order valence-corrected chi connectivity index (χ1v) is 7.14. The first-order chi connectivity index (χ1) is 10.4. The normalized spacial score (nSPS) is 13.8. The zero-order valence-electron chi connectivity index (χ0n) is 12.4. The number of amides is 2. The molecule has 1 saturated carbocycles. The van der Waals surface area contributed by atoms with Crippen LogP contribution in [0.2, 0.25) is 0 Å². The molecule has 1 aromatic carbocycles. The fourth-order valence-corrected chi connectivity index (χ4v) is 1.97. The Bertz CT molecular complexity index is 541. The molecule has 1 aliphatic carbocycles. The van der Waals surface area contributed by atoms with E-state index in [0.717, 1.165) is 24.7 Å². The van der Waals surface area contributed by atoms with Crippen LogP contribution in [-0.2, 0) is 9.59 Å². The molecule has 0 heterocycles. The summed E-state index contributed by atoms with van der Waals surface area (Å²) in [6.45, 7) is 0.811. The molecular formula is C15H19F2N3O2. The Kier molecular flexibility index (Phi) is 5.43. The van der Waals surface area contributed by atoms with Crippen LogP contribution in [0.4, 0.5) is 14.5 Å². The molecule has 0 spiro atoms. The Labute approximate surface area is 127 Å². The standard InChI is InChI=1S/C15H19F2N3O2/c1-20(15(22)8-18-7-10-2-3-10)9-14(21)19-13-5-11(16)4-12(17)6-13/h4-6,10,18H,2-3,7-9H2,1H3,(H,19,21). The third-order valence-corrected chi connectivity index (χ3v) is 3.36. The van der Waals surface area contributed by atoms with E-state index in [9.17, 15) is 18.4 Å². The molecule has 0 radical (unpaired) electrons. The molecule has 2 rings (SSSR count). The number of benzene rings is 1. The minimum Gasteiger partial charge on any atom is -0.335 e. The van der Waals surface area contributed by atoms with Gasteiger partial charge in [0, 0.05) is 18.8 Å². The quantitative estimate of drug-likeness (QED) is 0.799. The largest absolute Gasteiger partial charge is 0.335 e. The number of anilines is 1. The van der Waals surface area contributed by atoms with E-state index in [1.54, 1.807) is 0 Å². The van der Waals surface area contributed by atoms with E-state index in [4.69, 9.17) is 0 Å². The van der Waals surface area contributed by atoms with E-state index >= 15 is 0 Å². The number of likely N-dealkylation sites (N-methyl/N-ethyl adjacent to an activating group) is 1. The van der Waals surface area contributed by atoms with Gasteiger partial charge in [-0.1, -0.05) is 0 Å². The first-order valence-electron chi connectivity index (χ1n) is 7.14. The lowest BCUT2D eigenvalue weighted by atomic mass is 10.3. The van der Waals surface area contributed by atoms with Gasteiger partial charge in [-0.05, 0) is 37.4 Å². The fraction of sp³-hybridized carbons (Fsp3) is 0.467. The zero-order valence-corrected chi connectivity index (χ0v) is 12.4. The van der Waals surface area contributed by atoms with E-state index in [0.29, 0.717) is 5.92 Å². The van der Waals surface area contributed by atoms with Crippen molar-refractivity contribution in [1.29, 1.82) is 0 Å². The van der Waals surface area contributed by atoms with Gasteiger partial charge >= 0.3 is 0 Å². The summed E-state index contributed by atoms with van der Waals surface area (Å²) in [6.07, 6.45) is 2.40. The van der Waals surface area contributed by atoms with Gasteiger partial charge in [-0.2, -0.15) is 0 Å². The number of nitrogens with zero attached hydrogens (tertiary/aromatic N) is 1. The topological polar surface area (TPSA) is 61.4 Å². The van der Waals surface area contributed by atoms with Crippen molar-refractivity contribution in [1.82, 2.24) is 10.2 Å². The smallest absolute Gasteiger partial charge is 0.243 e. The van der Waals surface area contributed by atoms with E-state index in [1.165, 1.54) is 24.8 Å². The highest BCUT2D eigenvalue weighted by molar-refractivity contribution is 5.94. The minimum absolute atomic E-state index is 0.0233. The number of hydrogen-bond acceptors (Lipinski definition) is 3. The molecule has 0 bridgehead atoms. The lowest BCUT2D eigenvalue weighted by Gasteiger charge is -2.17. The maximum absolute atomic E-state index is 13.0. The van der Waals surface area contributed by atoms with Gasteiger partial charge in [-0.15, -0.1) is 0 Å². The average molecular weight is 311 g/mol. The molecule has 1 aliphatic rings. The summed E-state index contributed by atoms with van der Waals surface area (Å²) in [5.74, 6) is -1.60. The van der Waals surface area contributed by atoms with Crippen molar-refractivity contribution in [2.75, 3.05) is 32.0 Å². The molecule has 1 aromatic rings. The Morgan fingerprint density at radius 2 is 1.86 bits per heavy atom. The van der Waals surface area contributed by atoms with Crippen LogP contribution in [-0.4, -0.2) is 43.4 Å². The predicted molar refractivity (Wildman–Crippen MR) is 78.2 cm³/mol. The molecule has 120 valence electrons. The molecule has 2 amide bonds. The SMILES string of the molecule is CN(CC(=O)Nc1cc(F)cc(F)c1)C(=O)CNCC1CC1. The Morgan fingerprint density at radius 3 is 2.45 bits per heavy atom. The lowest BCUT2D eigenvalue weighted by Crippen LogP contribution is -2.40. The third-order valence-electron chi connectivity index (χ3n) is 3.36. The van der Waals surface area contributed by atoms with Gasteiger partial charge in [0.2, 0.25) is 11.8 Å². The summed E-state index contributed by atoms with van der Waals surface area (Å²) in [4.78, 5) is 24.8. The maximum Gasteiger partial charge on any atom is 0.243 e. The summed E-state index contributed by atoms with van der Waals surface area (Å²) in [7, 11) is 1.51. The van der Waals surface area contributed by atoms with Crippen LogP contribution < -0.4 is 10.6 Å². The predicted octanol–water partition coefficient (Wildman–Crippen LogP) is 1.36. The molecule has 22 heavy (non-hydrogen) atoms. The van der Waals surface area contributed by atoms with Crippen LogP contribution in [0.1, 0.15) is 12.8 Å².